The maximum atomic E-state index is 13.8. The Morgan fingerprint density at radius 2 is 2.18 bits per heavy atom. The summed E-state index contributed by atoms with van der Waals surface area (Å²) in [6, 6.07) is 2.85. The lowest BCUT2D eigenvalue weighted by atomic mass is 9.93. The van der Waals surface area contributed by atoms with Gasteiger partial charge in [0.1, 0.15) is 17.2 Å². The van der Waals surface area contributed by atoms with Crippen LogP contribution in [-0.2, 0) is 5.60 Å². The Hall–Kier alpha value is -1.39. The van der Waals surface area contributed by atoms with Crippen molar-refractivity contribution in [3.8, 4) is 0 Å². The first-order chi connectivity index (χ1) is 7.94. The highest BCUT2D eigenvalue weighted by Crippen LogP contribution is 2.35. The molecule has 0 radical (unpaired) electrons. The molecule has 0 aliphatic rings. The number of aromatic amines is 1. The third kappa shape index (κ3) is 1.94. The summed E-state index contributed by atoms with van der Waals surface area (Å²) >= 11 is 6.06. The molecular formula is C12H12ClFN2O. The Morgan fingerprint density at radius 3 is 2.76 bits per heavy atom. The molecule has 3 nitrogen and oxygen atoms in total. The Kier molecular flexibility index (Phi) is 2.93. The highest BCUT2D eigenvalue weighted by atomic mass is 35.5. The van der Waals surface area contributed by atoms with Crippen LogP contribution in [0.1, 0.15) is 23.9 Å². The van der Waals surface area contributed by atoms with Gasteiger partial charge in [0.15, 0.2) is 0 Å². The van der Waals surface area contributed by atoms with Crippen molar-refractivity contribution in [1.82, 2.24) is 9.97 Å². The van der Waals surface area contributed by atoms with E-state index in [4.69, 9.17) is 11.6 Å². The average Bonchev–Trinajstić information content (AvgIpc) is 2.77. The number of rotatable bonds is 2. The number of aryl methyl sites for hydroxylation is 1. The predicted octanol–water partition coefficient (Wildman–Crippen LogP) is 2.77. The van der Waals surface area contributed by atoms with Crippen LogP contribution in [0.2, 0.25) is 5.02 Å². The monoisotopic (exact) mass is 254 g/mol. The Labute approximate surface area is 103 Å². The second-order valence-corrected chi connectivity index (χ2v) is 4.44. The lowest BCUT2D eigenvalue weighted by Crippen LogP contribution is -2.26. The Balaban J connectivity index is 2.65. The molecule has 2 rings (SSSR count). The van der Waals surface area contributed by atoms with Gasteiger partial charge in [-0.3, -0.25) is 0 Å². The predicted molar refractivity (Wildman–Crippen MR) is 63.4 cm³/mol. The summed E-state index contributed by atoms with van der Waals surface area (Å²) in [5.41, 5.74) is -0.847. The highest BCUT2D eigenvalue weighted by Gasteiger charge is 2.34. The van der Waals surface area contributed by atoms with Crippen molar-refractivity contribution in [1.29, 1.82) is 0 Å². The van der Waals surface area contributed by atoms with Crippen LogP contribution in [0.25, 0.3) is 0 Å². The molecule has 0 aliphatic carbocycles. The summed E-state index contributed by atoms with van der Waals surface area (Å²) in [5, 5.41) is 10.6. The van der Waals surface area contributed by atoms with E-state index in [2.05, 4.69) is 9.97 Å². The van der Waals surface area contributed by atoms with E-state index in [1.165, 1.54) is 19.2 Å². The maximum absolute atomic E-state index is 13.8. The number of hydrogen-bond donors (Lipinski definition) is 2. The van der Waals surface area contributed by atoms with E-state index in [0.717, 1.165) is 0 Å². The van der Waals surface area contributed by atoms with Crippen molar-refractivity contribution in [2.75, 3.05) is 0 Å². The van der Waals surface area contributed by atoms with Gasteiger partial charge in [-0.15, -0.1) is 0 Å². The zero-order valence-electron chi connectivity index (χ0n) is 9.46. The van der Waals surface area contributed by atoms with Gasteiger partial charge >= 0.3 is 0 Å². The largest absolute Gasteiger partial charge is 0.377 e. The number of halogens is 2. The maximum Gasteiger partial charge on any atom is 0.148 e. The van der Waals surface area contributed by atoms with Gasteiger partial charge in [0.05, 0.1) is 5.02 Å². The fourth-order valence-electron chi connectivity index (χ4n) is 1.75. The molecule has 17 heavy (non-hydrogen) atoms. The Morgan fingerprint density at radius 1 is 1.47 bits per heavy atom. The highest BCUT2D eigenvalue weighted by molar-refractivity contribution is 6.32. The standard InChI is InChI=1S/C12H12ClFN2O/c1-7-3-4-8(14)9(10(7)13)12(2,17)11-15-5-6-16-11/h3-6,17H,1-2H3,(H,15,16). The van der Waals surface area contributed by atoms with Crippen molar-refractivity contribution in [3.05, 3.63) is 52.3 Å². The molecule has 0 bridgehead atoms. The fraction of sp³-hybridized carbons (Fsp3) is 0.250. The summed E-state index contributed by atoms with van der Waals surface area (Å²) in [6.45, 7) is 3.21. The zero-order chi connectivity index (χ0) is 12.6. The van der Waals surface area contributed by atoms with Crippen molar-refractivity contribution in [2.45, 2.75) is 19.4 Å². The van der Waals surface area contributed by atoms with Gasteiger partial charge in [-0.2, -0.15) is 0 Å². The normalized spacial score (nSPS) is 14.6. The smallest absolute Gasteiger partial charge is 0.148 e. The SMILES string of the molecule is Cc1ccc(F)c(C(C)(O)c2ncc[nH]2)c1Cl. The van der Waals surface area contributed by atoms with Crippen LogP contribution in [0, 0.1) is 12.7 Å². The molecule has 0 fully saturated rings. The molecule has 0 saturated carbocycles. The first-order valence-corrected chi connectivity index (χ1v) is 5.49. The van der Waals surface area contributed by atoms with Crippen LogP contribution >= 0.6 is 11.6 Å². The molecule has 0 amide bonds. The summed E-state index contributed by atoms with van der Waals surface area (Å²) in [5.74, 6) is -0.300. The van der Waals surface area contributed by atoms with E-state index in [9.17, 15) is 9.50 Å². The van der Waals surface area contributed by atoms with Gasteiger partial charge < -0.3 is 10.1 Å². The van der Waals surface area contributed by atoms with Crippen LogP contribution in [0.15, 0.2) is 24.5 Å². The minimum absolute atomic E-state index is 0.0362. The molecule has 5 heteroatoms. The van der Waals surface area contributed by atoms with Crippen molar-refractivity contribution >= 4 is 11.6 Å². The molecule has 2 N–H and O–H groups in total. The van der Waals surface area contributed by atoms with E-state index in [1.54, 1.807) is 19.2 Å². The zero-order valence-corrected chi connectivity index (χ0v) is 10.2. The second kappa shape index (κ2) is 4.13. The summed E-state index contributed by atoms with van der Waals surface area (Å²) in [6.07, 6.45) is 3.05. The average molecular weight is 255 g/mol. The van der Waals surface area contributed by atoms with E-state index in [-0.39, 0.29) is 16.4 Å². The van der Waals surface area contributed by atoms with Gasteiger partial charge in [-0.25, -0.2) is 9.37 Å². The van der Waals surface area contributed by atoms with Gasteiger partial charge in [0, 0.05) is 18.0 Å². The van der Waals surface area contributed by atoms with Crippen molar-refractivity contribution in [2.24, 2.45) is 0 Å². The number of hydrogen-bond acceptors (Lipinski definition) is 2. The van der Waals surface area contributed by atoms with E-state index in [0.29, 0.717) is 5.56 Å². The lowest BCUT2D eigenvalue weighted by molar-refractivity contribution is 0.0891. The number of nitrogens with one attached hydrogen (secondary N) is 1. The van der Waals surface area contributed by atoms with Crippen LogP contribution in [-0.4, -0.2) is 15.1 Å². The second-order valence-electron chi connectivity index (χ2n) is 4.06. The molecule has 1 aromatic heterocycles. The Bertz CT molecular complexity index is 538. The van der Waals surface area contributed by atoms with E-state index in [1.807, 2.05) is 0 Å². The molecule has 2 aromatic rings. The van der Waals surface area contributed by atoms with Gasteiger partial charge in [0.2, 0.25) is 0 Å². The minimum Gasteiger partial charge on any atom is -0.377 e. The third-order valence-electron chi connectivity index (χ3n) is 2.73. The van der Waals surface area contributed by atoms with Crippen molar-refractivity contribution in [3.63, 3.8) is 0 Å². The number of nitrogens with zero attached hydrogens (tertiary/aromatic N) is 1. The van der Waals surface area contributed by atoms with Crippen LogP contribution in [0.4, 0.5) is 4.39 Å². The van der Waals surface area contributed by atoms with Crippen molar-refractivity contribution < 1.29 is 9.50 Å². The fourth-order valence-corrected chi connectivity index (χ4v) is 2.09. The summed E-state index contributed by atoms with van der Waals surface area (Å²) in [7, 11) is 0. The summed E-state index contributed by atoms with van der Waals surface area (Å²) < 4.78 is 13.8. The quantitative estimate of drug-likeness (QED) is 0.866. The summed E-state index contributed by atoms with van der Waals surface area (Å²) in [4.78, 5) is 6.71. The first kappa shape index (κ1) is 12.1. The van der Waals surface area contributed by atoms with Gasteiger partial charge in [-0.1, -0.05) is 17.7 Å². The topological polar surface area (TPSA) is 48.9 Å². The number of H-pyrrole nitrogens is 1. The first-order valence-electron chi connectivity index (χ1n) is 5.12. The molecule has 0 aliphatic heterocycles. The van der Waals surface area contributed by atoms with Crippen LogP contribution in [0.5, 0.6) is 0 Å². The van der Waals surface area contributed by atoms with Crippen LogP contribution in [0.3, 0.4) is 0 Å². The molecule has 1 atom stereocenters. The molecule has 0 spiro atoms. The number of imidazole rings is 1. The third-order valence-corrected chi connectivity index (χ3v) is 3.22. The molecule has 1 unspecified atom stereocenters. The molecular weight excluding hydrogens is 243 g/mol. The number of aliphatic hydroxyl groups is 1. The number of aromatic nitrogens is 2. The van der Waals surface area contributed by atoms with Crippen LogP contribution < -0.4 is 0 Å². The molecule has 1 heterocycles. The molecule has 1 aromatic carbocycles. The molecule has 90 valence electrons. The van der Waals surface area contributed by atoms with E-state index < -0.39 is 11.4 Å². The number of benzene rings is 1. The van der Waals surface area contributed by atoms with Gasteiger partial charge in [-0.05, 0) is 25.5 Å². The van der Waals surface area contributed by atoms with E-state index >= 15 is 0 Å². The minimum atomic E-state index is -1.59. The van der Waals surface area contributed by atoms with Gasteiger partial charge in [0.25, 0.3) is 0 Å². The lowest BCUT2D eigenvalue weighted by Gasteiger charge is -2.24. The molecule has 0 saturated heterocycles.